The number of hydrogen-bond donors (Lipinski definition) is 0. The Balaban J connectivity index is 1.85. The van der Waals surface area contributed by atoms with Crippen molar-refractivity contribution in [3.63, 3.8) is 0 Å². The molecule has 0 aliphatic heterocycles. The summed E-state index contributed by atoms with van der Waals surface area (Å²) in [6, 6.07) is 9.43. The van der Waals surface area contributed by atoms with Gasteiger partial charge < -0.3 is 0 Å². The van der Waals surface area contributed by atoms with Crippen LogP contribution in [0.15, 0.2) is 39.0 Å². The molecule has 0 N–H and O–H groups in total. The van der Waals surface area contributed by atoms with Gasteiger partial charge in [-0.1, -0.05) is 6.07 Å². The summed E-state index contributed by atoms with van der Waals surface area (Å²) in [5.74, 6) is 0. The van der Waals surface area contributed by atoms with Crippen molar-refractivity contribution in [2.24, 2.45) is 0 Å². The summed E-state index contributed by atoms with van der Waals surface area (Å²) in [5, 5.41) is 0. The van der Waals surface area contributed by atoms with E-state index < -0.39 is 10.0 Å². The molecule has 3 nitrogen and oxygen atoms in total. The highest BCUT2D eigenvalue weighted by Crippen LogP contribution is 2.28. The number of thiophene rings is 1. The number of sulfonamides is 1. The second-order valence-electron chi connectivity index (χ2n) is 5.25. The maximum absolute atomic E-state index is 12.7. The van der Waals surface area contributed by atoms with Crippen LogP contribution < -0.4 is 0 Å². The number of halogens is 1. The Morgan fingerprint density at radius 3 is 2.67 bits per heavy atom. The Bertz CT molecular complexity index is 768. The molecule has 3 rings (SSSR count). The SMILES string of the molecule is CN(Cc1ccc(Br)s1)S(=O)(=O)c1ccc2c(c1)CCC2. The van der Waals surface area contributed by atoms with Gasteiger partial charge in [-0.05, 0) is 70.6 Å². The molecule has 112 valence electrons. The fourth-order valence-electron chi connectivity index (χ4n) is 2.63. The van der Waals surface area contributed by atoms with Crippen molar-refractivity contribution in [1.29, 1.82) is 0 Å². The zero-order chi connectivity index (χ0) is 15.0. The predicted molar refractivity (Wildman–Crippen MR) is 89.1 cm³/mol. The van der Waals surface area contributed by atoms with Crippen LogP contribution in [-0.4, -0.2) is 19.8 Å². The minimum absolute atomic E-state index is 0.398. The average Bonchev–Trinajstić information content (AvgIpc) is 3.06. The summed E-state index contributed by atoms with van der Waals surface area (Å²) in [7, 11) is -1.79. The van der Waals surface area contributed by atoms with Crippen LogP contribution in [-0.2, 0) is 29.4 Å². The third kappa shape index (κ3) is 3.08. The first kappa shape index (κ1) is 15.2. The first-order valence-corrected chi connectivity index (χ1v) is 9.84. The molecular formula is C15H16BrNO2S2. The van der Waals surface area contributed by atoms with Crippen molar-refractivity contribution in [1.82, 2.24) is 4.31 Å². The molecule has 21 heavy (non-hydrogen) atoms. The van der Waals surface area contributed by atoms with Crippen molar-refractivity contribution in [3.8, 4) is 0 Å². The molecule has 0 unspecified atom stereocenters. The summed E-state index contributed by atoms with van der Waals surface area (Å²) in [6.45, 7) is 0.398. The molecule has 1 heterocycles. The highest BCUT2D eigenvalue weighted by Gasteiger charge is 2.23. The van der Waals surface area contributed by atoms with Gasteiger partial charge in [0.15, 0.2) is 0 Å². The van der Waals surface area contributed by atoms with Gasteiger partial charge in [0.05, 0.1) is 8.68 Å². The topological polar surface area (TPSA) is 37.4 Å². The molecule has 1 aliphatic carbocycles. The van der Waals surface area contributed by atoms with E-state index in [1.807, 2.05) is 24.3 Å². The van der Waals surface area contributed by atoms with Gasteiger partial charge in [-0.25, -0.2) is 8.42 Å². The van der Waals surface area contributed by atoms with E-state index in [1.165, 1.54) is 15.4 Å². The Hall–Kier alpha value is -0.690. The van der Waals surface area contributed by atoms with Crippen LogP contribution in [0, 0.1) is 0 Å². The quantitative estimate of drug-likeness (QED) is 0.801. The molecule has 0 spiro atoms. The lowest BCUT2D eigenvalue weighted by Crippen LogP contribution is -2.26. The molecule has 0 radical (unpaired) electrons. The number of nitrogens with zero attached hydrogens (tertiary/aromatic N) is 1. The van der Waals surface area contributed by atoms with E-state index in [1.54, 1.807) is 24.5 Å². The van der Waals surface area contributed by atoms with Crippen molar-refractivity contribution < 1.29 is 8.42 Å². The van der Waals surface area contributed by atoms with Gasteiger partial charge >= 0.3 is 0 Å². The summed E-state index contributed by atoms with van der Waals surface area (Å²) in [6.07, 6.45) is 3.17. The van der Waals surface area contributed by atoms with Crippen LogP contribution in [0.1, 0.15) is 22.4 Å². The van der Waals surface area contributed by atoms with E-state index >= 15 is 0 Å². The third-order valence-corrected chi connectivity index (χ3v) is 7.19. The standard InChI is InChI=1S/C15H16BrNO2S2/c1-17(10-13-6-8-15(16)20-13)21(18,19)14-7-5-11-3-2-4-12(11)9-14/h5-9H,2-4,10H2,1H3. The zero-order valence-corrected chi connectivity index (χ0v) is 14.9. The highest BCUT2D eigenvalue weighted by atomic mass is 79.9. The van der Waals surface area contributed by atoms with Crippen LogP contribution in [0.25, 0.3) is 0 Å². The van der Waals surface area contributed by atoms with E-state index in [2.05, 4.69) is 15.9 Å². The van der Waals surface area contributed by atoms with E-state index in [-0.39, 0.29) is 0 Å². The monoisotopic (exact) mass is 385 g/mol. The largest absolute Gasteiger partial charge is 0.243 e. The van der Waals surface area contributed by atoms with Crippen molar-refractivity contribution in [2.45, 2.75) is 30.7 Å². The molecule has 6 heteroatoms. The molecule has 0 saturated carbocycles. The van der Waals surface area contributed by atoms with Crippen LogP contribution in [0.5, 0.6) is 0 Å². The lowest BCUT2D eigenvalue weighted by Gasteiger charge is -2.17. The van der Waals surface area contributed by atoms with E-state index in [0.29, 0.717) is 11.4 Å². The first-order valence-electron chi connectivity index (χ1n) is 6.79. The molecular weight excluding hydrogens is 370 g/mol. The molecule has 0 bridgehead atoms. The number of aryl methyl sites for hydroxylation is 2. The predicted octanol–water partition coefficient (Wildman–Crippen LogP) is 3.82. The van der Waals surface area contributed by atoms with Crippen LogP contribution in [0.3, 0.4) is 0 Å². The summed E-state index contributed by atoms with van der Waals surface area (Å²) < 4.78 is 27.8. The molecule has 2 aromatic rings. The zero-order valence-electron chi connectivity index (χ0n) is 11.7. The smallest absolute Gasteiger partial charge is 0.207 e. The van der Waals surface area contributed by atoms with E-state index in [9.17, 15) is 8.42 Å². The van der Waals surface area contributed by atoms with Crippen LogP contribution >= 0.6 is 27.3 Å². The molecule has 0 fully saturated rings. The molecule has 0 atom stereocenters. The summed E-state index contributed by atoms with van der Waals surface area (Å²) >= 11 is 4.96. The van der Waals surface area contributed by atoms with Gasteiger partial charge in [-0.2, -0.15) is 4.31 Å². The molecule has 0 saturated heterocycles. The third-order valence-electron chi connectivity index (χ3n) is 3.79. The van der Waals surface area contributed by atoms with Gasteiger partial charge in [0.1, 0.15) is 0 Å². The summed E-state index contributed by atoms with van der Waals surface area (Å²) in [4.78, 5) is 1.43. The summed E-state index contributed by atoms with van der Waals surface area (Å²) in [5.41, 5.74) is 2.47. The lowest BCUT2D eigenvalue weighted by atomic mass is 10.1. The van der Waals surface area contributed by atoms with Gasteiger partial charge in [0.2, 0.25) is 10.0 Å². The van der Waals surface area contributed by atoms with Crippen LogP contribution in [0.4, 0.5) is 0 Å². The van der Waals surface area contributed by atoms with Crippen molar-refractivity contribution >= 4 is 37.3 Å². The Labute approximate surface area is 137 Å². The van der Waals surface area contributed by atoms with Gasteiger partial charge in [0, 0.05) is 18.5 Å². The number of benzene rings is 1. The number of fused-ring (bicyclic) bond motifs is 1. The normalized spacial score (nSPS) is 14.6. The second kappa shape index (κ2) is 5.83. The maximum Gasteiger partial charge on any atom is 0.243 e. The highest BCUT2D eigenvalue weighted by molar-refractivity contribution is 9.11. The lowest BCUT2D eigenvalue weighted by molar-refractivity contribution is 0.469. The first-order chi connectivity index (χ1) is 9.96. The van der Waals surface area contributed by atoms with Crippen LogP contribution in [0.2, 0.25) is 0 Å². The van der Waals surface area contributed by atoms with Gasteiger partial charge in [-0.3, -0.25) is 0 Å². The molecule has 1 aromatic heterocycles. The van der Waals surface area contributed by atoms with Crippen molar-refractivity contribution in [2.75, 3.05) is 7.05 Å². The van der Waals surface area contributed by atoms with Crippen molar-refractivity contribution in [3.05, 3.63) is 50.1 Å². The molecule has 0 amide bonds. The average molecular weight is 386 g/mol. The number of rotatable bonds is 4. The van der Waals surface area contributed by atoms with Gasteiger partial charge in [-0.15, -0.1) is 11.3 Å². The van der Waals surface area contributed by atoms with E-state index in [4.69, 9.17) is 0 Å². The van der Waals surface area contributed by atoms with E-state index in [0.717, 1.165) is 27.9 Å². The fraction of sp³-hybridized carbons (Fsp3) is 0.333. The minimum Gasteiger partial charge on any atom is -0.207 e. The number of hydrogen-bond acceptors (Lipinski definition) is 3. The minimum atomic E-state index is -3.42. The maximum atomic E-state index is 12.7. The Morgan fingerprint density at radius 2 is 1.95 bits per heavy atom. The second-order valence-corrected chi connectivity index (χ2v) is 9.84. The molecule has 1 aliphatic rings. The molecule has 1 aromatic carbocycles. The Morgan fingerprint density at radius 1 is 1.19 bits per heavy atom. The Kier molecular flexibility index (Phi) is 4.23. The van der Waals surface area contributed by atoms with Gasteiger partial charge in [0.25, 0.3) is 0 Å². The fourth-order valence-corrected chi connectivity index (χ4v) is 5.45.